The largest absolute Gasteiger partial charge is 0.381 e. The van der Waals surface area contributed by atoms with Crippen LogP contribution >= 0.6 is 23.2 Å². The van der Waals surface area contributed by atoms with Crippen LogP contribution in [0.2, 0.25) is 10.0 Å². The quantitative estimate of drug-likeness (QED) is 0.621. The van der Waals surface area contributed by atoms with Crippen LogP contribution in [-0.4, -0.2) is 37.4 Å². The Morgan fingerprint density at radius 2 is 2.19 bits per heavy atom. The zero-order chi connectivity index (χ0) is 19.3. The molecule has 6 nitrogen and oxygen atoms in total. The molecule has 4 rings (SSSR count). The minimum Gasteiger partial charge on any atom is -0.381 e. The average Bonchev–Trinajstić information content (AvgIpc) is 3.22. The number of rotatable bonds is 3. The van der Waals surface area contributed by atoms with Gasteiger partial charge in [0.05, 0.1) is 21.8 Å². The lowest BCUT2D eigenvalue weighted by Gasteiger charge is -2.29. The fourth-order valence-electron chi connectivity index (χ4n) is 3.70. The summed E-state index contributed by atoms with van der Waals surface area (Å²) in [6.07, 6.45) is 5.19. The molecule has 1 atom stereocenters. The van der Waals surface area contributed by atoms with Gasteiger partial charge in [0, 0.05) is 41.0 Å². The van der Waals surface area contributed by atoms with Crippen molar-refractivity contribution in [3.8, 4) is 11.1 Å². The first-order valence-corrected chi connectivity index (χ1v) is 9.54. The monoisotopic (exact) mass is 406 g/mol. The Labute approximate surface area is 166 Å². The Morgan fingerprint density at radius 1 is 1.41 bits per heavy atom. The third kappa shape index (κ3) is 3.12. The molecular formula is C19H20Cl2N4O2. The number of carbonyl (C=O) groups excluding carboxylic acids is 1. The highest BCUT2D eigenvalue weighted by atomic mass is 35.5. The number of nitrogens with one attached hydrogen (secondary N) is 2. The molecule has 0 aliphatic carbocycles. The number of amides is 1. The summed E-state index contributed by atoms with van der Waals surface area (Å²) >= 11 is 12.8. The third-order valence-electron chi connectivity index (χ3n) is 5.03. The Kier molecular flexibility index (Phi) is 4.45. The number of benzene rings is 1. The average molecular weight is 407 g/mol. The molecule has 27 heavy (non-hydrogen) atoms. The summed E-state index contributed by atoms with van der Waals surface area (Å²) in [6, 6.07) is 3.68. The van der Waals surface area contributed by atoms with Crippen LogP contribution in [0.3, 0.4) is 0 Å². The SMILES string of the molecule is CC(C)(O)C(=O)NC1CCc2c(-c3cn[nH]c3)c3ccc(Cl)c(Cl)c3n2C1. The normalized spacial score (nSPS) is 17.1. The van der Waals surface area contributed by atoms with Gasteiger partial charge in [0.25, 0.3) is 5.91 Å². The van der Waals surface area contributed by atoms with Gasteiger partial charge in [0.15, 0.2) is 0 Å². The van der Waals surface area contributed by atoms with Crippen LogP contribution in [0.15, 0.2) is 24.5 Å². The maximum absolute atomic E-state index is 12.2. The Hall–Kier alpha value is -2.02. The standard InChI is InChI=1S/C19H20Cl2N4O2/c1-19(2,27)18(26)24-11-3-6-14-15(10-7-22-23-8-10)12-4-5-13(20)16(21)17(12)25(14)9-11/h4-5,7-8,11,27H,3,6,9H2,1-2H3,(H,22,23)(H,24,26). The molecular weight excluding hydrogens is 387 g/mol. The van der Waals surface area contributed by atoms with Crippen LogP contribution in [0.5, 0.6) is 0 Å². The molecule has 1 unspecified atom stereocenters. The van der Waals surface area contributed by atoms with Gasteiger partial charge >= 0.3 is 0 Å². The number of carbonyl (C=O) groups is 1. The van der Waals surface area contributed by atoms with Crippen molar-refractivity contribution >= 4 is 40.0 Å². The lowest BCUT2D eigenvalue weighted by Crippen LogP contribution is -2.49. The highest BCUT2D eigenvalue weighted by Crippen LogP contribution is 2.42. The zero-order valence-electron chi connectivity index (χ0n) is 15.0. The Balaban J connectivity index is 1.82. The number of hydrogen-bond acceptors (Lipinski definition) is 3. The van der Waals surface area contributed by atoms with Gasteiger partial charge in [-0.05, 0) is 32.8 Å². The van der Waals surface area contributed by atoms with E-state index in [0.717, 1.165) is 40.6 Å². The van der Waals surface area contributed by atoms with E-state index in [1.165, 1.54) is 13.8 Å². The maximum atomic E-state index is 12.2. The summed E-state index contributed by atoms with van der Waals surface area (Å²) in [5.74, 6) is -0.383. The van der Waals surface area contributed by atoms with Gasteiger partial charge in [-0.1, -0.05) is 29.3 Å². The first-order chi connectivity index (χ1) is 12.8. The van der Waals surface area contributed by atoms with E-state index in [2.05, 4.69) is 20.1 Å². The molecule has 3 aromatic rings. The van der Waals surface area contributed by atoms with E-state index in [4.69, 9.17) is 23.2 Å². The van der Waals surface area contributed by atoms with Crippen molar-refractivity contribution < 1.29 is 9.90 Å². The number of hydrogen-bond donors (Lipinski definition) is 3. The van der Waals surface area contributed by atoms with E-state index in [-0.39, 0.29) is 11.9 Å². The van der Waals surface area contributed by atoms with Crippen molar-refractivity contribution in [2.45, 2.75) is 44.9 Å². The van der Waals surface area contributed by atoms with Crippen LogP contribution in [0, 0.1) is 0 Å². The number of fused-ring (bicyclic) bond motifs is 3. The van der Waals surface area contributed by atoms with Gasteiger partial charge in [-0.15, -0.1) is 0 Å². The lowest BCUT2D eigenvalue weighted by atomic mass is 9.98. The van der Waals surface area contributed by atoms with Crippen molar-refractivity contribution in [3.05, 3.63) is 40.3 Å². The number of aliphatic hydroxyl groups is 1. The smallest absolute Gasteiger partial charge is 0.251 e. The van der Waals surface area contributed by atoms with E-state index in [9.17, 15) is 9.90 Å². The molecule has 1 aliphatic heterocycles. The second-order valence-corrected chi connectivity index (χ2v) is 8.23. The summed E-state index contributed by atoms with van der Waals surface area (Å²) in [5, 5.41) is 21.8. The number of aromatic nitrogens is 3. The first-order valence-electron chi connectivity index (χ1n) is 8.79. The van der Waals surface area contributed by atoms with E-state index in [1.807, 2.05) is 12.3 Å². The van der Waals surface area contributed by atoms with Gasteiger partial charge < -0.3 is 15.0 Å². The summed E-state index contributed by atoms with van der Waals surface area (Å²) in [4.78, 5) is 12.2. The van der Waals surface area contributed by atoms with Crippen LogP contribution in [0.1, 0.15) is 26.0 Å². The predicted molar refractivity (Wildman–Crippen MR) is 106 cm³/mol. The molecule has 3 heterocycles. The highest BCUT2D eigenvalue weighted by Gasteiger charge is 2.31. The molecule has 2 aromatic heterocycles. The van der Waals surface area contributed by atoms with Crippen LogP contribution < -0.4 is 5.32 Å². The fraction of sp³-hybridized carbons (Fsp3) is 0.368. The second kappa shape index (κ2) is 6.55. The molecule has 1 amide bonds. The summed E-state index contributed by atoms with van der Waals surface area (Å²) in [7, 11) is 0. The second-order valence-electron chi connectivity index (χ2n) is 7.44. The van der Waals surface area contributed by atoms with Crippen molar-refractivity contribution in [2.75, 3.05) is 0 Å². The van der Waals surface area contributed by atoms with E-state index in [1.54, 1.807) is 12.3 Å². The topological polar surface area (TPSA) is 82.9 Å². The molecule has 0 spiro atoms. The number of aromatic amines is 1. The summed E-state index contributed by atoms with van der Waals surface area (Å²) in [6.45, 7) is 3.52. The summed E-state index contributed by atoms with van der Waals surface area (Å²) in [5.41, 5.74) is 2.67. The predicted octanol–water partition coefficient (Wildman–Crippen LogP) is 3.54. The van der Waals surface area contributed by atoms with Crippen LogP contribution in [0.25, 0.3) is 22.0 Å². The Morgan fingerprint density at radius 3 is 2.85 bits per heavy atom. The van der Waals surface area contributed by atoms with Crippen molar-refractivity contribution in [1.82, 2.24) is 20.1 Å². The first kappa shape index (κ1) is 18.3. The van der Waals surface area contributed by atoms with E-state index in [0.29, 0.717) is 16.6 Å². The van der Waals surface area contributed by atoms with Gasteiger partial charge in [0.1, 0.15) is 5.60 Å². The van der Waals surface area contributed by atoms with Gasteiger partial charge in [0.2, 0.25) is 0 Å². The molecule has 0 radical (unpaired) electrons. The third-order valence-corrected chi connectivity index (χ3v) is 5.83. The van der Waals surface area contributed by atoms with Gasteiger partial charge in [-0.3, -0.25) is 9.89 Å². The Bertz CT molecular complexity index is 1020. The van der Waals surface area contributed by atoms with Gasteiger partial charge in [-0.2, -0.15) is 5.10 Å². The molecule has 0 fully saturated rings. The maximum Gasteiger partial charge on any atom is 0.251 e. The van der Waals surface area contributed by atoms with E-state index < -0.39 is 5.60 Å². The number of H-pyrrole nitrogens is 1. The van der Waals surface area contributed by atoms with Crippen molar-refractivity contribution in [1.29, 1.82) is 0 Å². The molecule has 1 aromatic carbocycles. The van der Waals surface area contributed by atoms with E-state index >= 15 is 0 Å². The minimum atomic E-state index is -1.41. The molecule has 8 heteroatoms. The van der Waals surface area contributed by atoms with Gasteiger partial charge in [-0.25, -0.2) is 0 Å². The van der Waals surface area contributed by atoms with Crippen LogP contribution in [0.4, 0.5) is 0 Å². The molecule has 3 N–H and O–H groups in total. The molecule has 0 bridgehead atoms. The van der Waals surface area contributed by atoms with Crippen LogP contribution in [-0.2, 0) is 17.8 Å². The lowest BCUT2D eigenvalue weighted by molar-refractivity contribution is -0.137. The fourth-order valence-corrected chi connectivity index (χ4v) is 4.12. The number of nitrogens with zero attached hydrogens (tertiary/aromatic N) is 2. The molecule has 142 valence electrons. The number of halogens is 2. The zero-order valence-corrected chi connectivity index (χ0v) is 16.5. The minimum absolute atomic E-state index is 0.0979. The molecule has 1 aliphatic rings. The summed E-state index contributed by atoms with van der Waals surface area (Å²) < 4.78 is 2.13. The van der Waals surface area contributed by atoms with Crippen molar-refractivity contribution in [3.63, 3.8) is 0 Å². The molecule has 0 saturated carbocycles. The highest BCUT2D eigenvalue weighted by molar-refractivity contribution is 6.45. The molecule has 0 saturated heterocycles. The van der Waals surface area contributed by atoms with Crippen molar-refractivity contribution in [2.24, 2.45) is 0 Å².